The number of ether oxygens (including phenoxy) is 2. The molecule has 0 saturated heterocycles. The van der Waals surface area contributed by atoms with E-state index in [1.165, 1.54) is 11.3 Å². The molecule has 1 aliphatic carbocycles. The van der Waals surface area contributed by atoms with Crippen molar-refractivity contribution in [2.75, 3.05) is 20.9 Å². The zero-order chi connectivity index (χ0) is 17.4. The van der Waals surface area contributed by atoms with Crippen molar-refractivity contribution in [2.24, 2.45) is 0 Å². The van der Waals surface area contributed by atoms with E-state index in [-0.39, 0.29) is 12.7 Å². The Morgan fingerprint density at radius 3 is 3.00 bits per heavy atom. The molecule has 2 N–H and O–H groups in total. The molecule has 0 fully saturated rings. The van der Waals surface area contributed by atoms with Crippen LogP contribution in [0.3, 0.4) is 0 Å². The molecule has 1 atom stereocenters. The molecular weight excluding hydrogens is 320 g/mol. The second-order valence-electron chi connectivity index (χ2n) is 6.68. The van der Waals surface area contributed by atoms with Gasteiger partial charge < -0.3 is 14.8 Å². The monoisotopic (exact) mass is 342 g/mol. The number of carbonyl (C=O) groups is 1. The lowest BCUT2D eigenvalue weighted by molar-refractivity contribution is -0.126. The number of H-pyrrole nitrogens is 1. The first-order valence-electron chi connectivity index (χ1n) is 8.52. The fraction of sp³-hybridized carbons (Fsp3) is 0.444. The molecule has 1 aromatic heterocycles. The van der Waals surface area contributed by atoms with Gasteiger partial charge in [0.15, 0.2) is 11.5 Å². The van der Waals surface area contributed by atoms with E-state index in [2.05, 4.69) is 15.5 Å². The molecule has 0 saturated carbocycles. The van der Waals surface area contributed by atoms with Crippen LogP contribution in [0.15, 0.2) is 18.2 Å². The van der Waals surface area contributed by atoms with Gasteiger partial charge in [0.1, 0.15) is 6.04 Å². The summed E-state index contributed by atoms with van der Waals surface area (Å²) in [5.74, 6) is 1.34. The summed E-state index contributed by atoms with van der Waals surface area (Å²) in [5.41, 5.74) is 4.30. The number of rotatable bonds is 5. The molecule has 1 aliphatic heterocycles. The van der Waals surface area contributed by atoms with Crippen LogP contribution in [0.25, 0.3) is 0 Å². The predicted molar refractivity (Wildman–Crippen MR) is 91.5 cm³/mol. The molecule has 1 aromatic carbocycles. The maximum Gasteiger partial charge on any atom is 0.242 e. The van der Waals surface area contributed by atoms with Crippen molar-refractivity contribution in [3.05, 3.63) is 40.7 Å². The minimum atomic E-state index is -0.401. The van der Waals surface area contributed by atoms with Gasteiger partial charge in [0.25, 0.3) is 0 Å². The van der Waals surface area contributed by atoms with Crippen molar-refractivity contribution >= 4 is 5.91 Å². The van der Waals surface area contributed by atoms with Crippen molar-refractivity contribution in [1.82, 2.24) is 20.4 Å². The highest BCUT2D eigenvalue weighted by atomic mass is 16.7. The van der Waals surface area contributed by atoms with E-state index in [1.54, 1.807) is 0 Å². The normalized spacial score (nSPS) is 16.1. The van der Waals surface area contributed by atoms with Crippen molar-refractivity contribution in [3.63, 3.8) is 0 Å². The highest BCUT2D eigenvalue weighted by Gasteiger charge is 2.26. The maximum absolute atomic E-state index is 12.8. The molecule has 0 unspecified atom stereocenters. The third-order valence-electron chi connectivity index (χ3n) is 4.80. The number of likely N-dealkylation sites (N-methyl/N-ethyl adjacent to an activating group) is 1. The lowest BCUT2D eigenvalue weighted by Crippen LogP contribution is -2.36. The minimum absolute atomic E-state index is 0.0568. The number of nitrogens with one attached hydrogen (secondary N) is 2. The van der Waals surface area contributed by atoms with Crippen molar-refractivity contribution in [1.29, 1.82) is 0 Å². The lowest BCUT2D eigenvalue weighted by atomic mass is 10.0. The minimum Gasteiger partial charge on any atom is -0.454 e. The molecule has 0 spiro atoms. The Morgan fingerprint density at radius 2 is 2.16 bits per heavy atom. The fourth-order valence-electron chi connectivity index (χ4n) is 3.57. The zero-order valence-electron chi connectivity index (χ0n) is 14.5. The highest BCUT2D eigenvalue weighted by molar-refractivity contribution is 5.83. The van der Waals surface area contributed by atoms with E-state index in [1.807, 2.05) is 37.2 Å². The molecule has 0 radical (unpaired) electrons. The molecule has 0 bridgehead atoms. The van der Waals surface area contributed by atoms with Crippen LogP contribution in [0.2, 0.25) is 0 Å². The van der Waals surface area contributed by atoms with E-state index in [9.17, 15) is 4.79 Å². The Hall–Kier alpha value is -2.54. The molecule has 2 heterocycles. The van der Waals surface area contributed by atoms with E-state index in [4.69, 9.17) is 9.47 Å². The first-order valence-corrected chi connectivity index (χ1v) is 8.52. The Labute approximate surface area is 146 Å². The SMILES string of the molecule is CN(C)[C@@H](C(=O)NCc1n[nH]c2c1CCC2)c1ccc2c(c1)OCO2. The summed E-state index contributed by atoms with van der Waals surface area (Å²) in [6.07, 6.45) is 3.24. The van der Waals surface area contributed by atoms with Gasteiger partial charge in [0, 0.05) is 5.69 Å². The number of aryl methyl sites for hydroxylation is 1. The second-order valence-corrected chi connectivity index (χ2v) is 6.68. The number of aromatic nitrogens is 2. The summed E-state index contributed by atoms with van der Waals surface area (Å²) in [7, 11) is 3.78. The summed E-state index contributed by atoms with van der Waals surface area (Å²) < 4.78 is 10.8. The van der Waals surface area contributed by atoms with Crippen LogP contribution < -0.4 is 14.8 Å². The Morgan fingerprint density at radius 1 is 1.32 bits per heavy atom. The van der Waals surface area contributed by atoms with Gasteiger partial charge >= 0.3 is 0 Å². The summed E-state index contributed by atoms with van der Waals surface area (Å²) >= 11 is 0. The molecule has 25 heavy (non-hydrogen) atoms. The molecule has 7 heteroatoms. The molecule has 1 amide bonds. The average molecular weight is 342 g/mol. The first kappa shape index (κ1) is 16.0. The zero-order valence-corrected chi connectivity index (χ0v) is 14.5. The predicted octanol–water partition coefficient (Wildman–Crippen LogP) is 1.55. The number of nitrogens with zero attached hydrogens (tertiary/aromatic N) is 2. The molecule has 2 aliphatic rings. The van der Waals surface area contributed by atoms with Gasteiger partial charge in [-0.1, -0.05) is 6.07 Å². The number of benzene rings is 1. The first-order chi connectivity index (χ1) is 12.1. The van der Waals surface area contributed by atoms with Crippen LogP contribution >= 0.6 is 0 Å². The number of carbonyl (C=O) groups excluding carboxylic acids is 1. The van der Waals surface area contributed by atoms with Gasteiger partial charge in [-0.3, -0.25) is 14.8 Å². The van der Waals surface area contributed by atoms with E-state index in [0.717, 1.165) is 30.5 Å². The standard InChI is InChI=1S/C18H22N4O3/c1-22(2)17(11-6-7-15-16(8-11)25-10-24-15)18(23)19-9-14-12-4-3-5-13(12)20-21-14/h6-8,17H,3-5,9-10H2,1-2H3,(H,19,23)(H,20,21)/t17-/m1/s1. The quantitative estimate of drug-likeness (QED) is 0.862. The molecule has 2 aromatic rings. The van der Waals surface area contributed by atoms with Gasteiger partial charge in [0.2, 0.25) is 12.7 Å². The number of hydrogen-bond donors (Lipinski definition) is 2. The summed E-state index contributed by atoms with van der Waals surface area (Å²) in [5, 5.41) is 10.5. The summed E-state index contributed by atoms with van der Waals surface area (Å²) in [4.78, 5) is 14.7. The number of hydrogen-bond acceptors (Lipinski definition) is 5. The van der Waals surface area contributed by atoms with Crippen LogP contribution in [0.1, 0.15) is 35.0 Å². The maximum atomic E-state index is 12.8. The molecule has 7 nitrogen and oxygen atoms in total. The largest absolute Gasteiger partial charge is 0.454 e. The average Bonchev–Trinajstić information content (AvgIpc) is 3.29. The van der Waals surface area contributed by atoms with Crippen LogP contribution in [-0.4, -0.2) is 41.9 Å². The summed E-state index contributed by atoms with van der Waals surface area (Å²) in [6.45, 7) is 0.668. The van der Waals surface area contributed by atoms with Gasteiger partial charge in [-0.2, -0.15) is 5.10 Å². The van der Waals surface area contributed by atoms with Crippen LogP contribution in [0.5, 0.6) is 11.5 Å². The molecule has 132 valence electrons. The Bertz CT molecular complexity index is 800. The molecule has 4 rings (SSSR count). The number of aromatic amines is 1. The van der Waals surface area contributed by atoms with Crippen LogP contribution in [0, 0.1) is 0 Å². The number of amides is 1. The Balaban J connectivity index is 1.49. The third-order valence-corrected chi connectivity index (χ3v) is 4.80. The van der Waals surface area contributed by atoms with E-state index in [0.29, 0.717) is 18.0 Å². The van der Waals surface area contributed by atoms with Crippen molar-refractivity contribution in [3.8, 4) is 11.5 Å². The summed E-state index contributed by atoms with van der Waals surface area (Å²) in [6, 6.07) is 5.23. The van der Waals surface area contributed by atoms with Gasteiger partial charge in [0.05, 0.1) is 12.2 Å². The smallest absolute Gasteiger partial charge is 0.242 e. The highest BCUT2D eigenvalue weighted by Crippen LogP contribution is 2.35. The van der Waals surface area contributed by atoms with Crippen molar-refractivity contribution in [2.45, 2.75) is 31.8 Å². The molecular formula is C18H22N4O3. The van der Waals surface area contributed by atoms with Crippen molar-refractivity contribution < 1.29 is 14.3 Å². The lowest BCUT2D eigenvalue weighted by Gasteiger charge is -2.24. The van der Waals surface area contributed by atoms with E-state index >= 15 is 0 Å². The topological polar surface area (TPSA) is 79.5 Å². The third kappa shape index (κ3) is 2.95. The fourth-order valence-corrected chi connectivity index (χ4v) is 3.57. The second kappa shape index (κ2) is 6.40. The van der Waals surface area contributed by atoms with Gasteiger partial charge in [-0.05, 0) is 56.6 Å². The van der Waals surface area contributed by atoms with Gasteiger partial charge in [-0.25, -0.2) is 0 Å². The number of fused-ring (bicyclic) bond motifs is 2. The van der Waals surface area contributed by atoms with E-state index < -0.39 is 6.04 Å². The van der Waals surface area contributed by atoms with Crippen LogP contribution in [0.4, 0.5) is 0 Å². The van der Waals surface area contributed by atoms with Crippen LogP contribution in [-0.2, 0) is 24.2 Å². The Kier molecular flexibility index (Phi) is 4.09. The van der Waals surface area contributed by atoms with Gasteiger partial charge in [-0.15, -0.1) is 0 Å².